The summed E-state index contributed by atoms with van der Waals surface area (Å²) < 4.78 is 5.51. The van der Waals surface area contributed by atoms with Crippen LogP contribution in [0.1, 0.15) is 34.1 Å². The molecule has 0 spiro atoms. The SMILES string of the molecule is CCNC(=NCC(C(C)C)N1CCOCC1)N1CCSC(CC)C1.I. The fourth-order valence-electron chi connectivity index (χ4n) is 3.42. The maximum Gasteiger partial charge on any atom is 0.194 e. The highest BCUT2D eigenvalue weighted by atomic mass is 127. The predicted octanol–water partition coefficient (Wildman–Crippen LogP) is 2.75. The highest BCUT2D eigenvalue weighted by Gasteiger charge is 2.25. The minimum atomic E-state index is 0. The number of thioether (sulfide) groups is 1. The molecule has 2 heterocycles. The summed E-state index contributed by atoms with van der Waals surface area (Å²) in [5.74, 6) is 2.92. The molecule has 5 nitrogen and oxygen atoms in total. The molecule has 2 fully saturated rings. The highest BCUT2D eigenvalue weighted by Crippen LogP contribution is 2.21. The van der Waals surface area contributed by atoms with Crippen LogP contribution in [-0.4, -0.2) is 85.3 Å². The van der Waals surface area contributed by atoms with E-state index in [2.05, 4.69) is 54.6 Å². The van der Waals surface area contributed by atoms with Crippen molar-refractivity contribution in [1.29, 1.82) is 0 Å². The minimum absolute atomic E-state index is 0. The summed E-state index contributed by atoms with van der Waals surface area (Å²) in [6.07, 6.45) is 1.24. The second-order valence-corrected chi connectivity index (χ2v) is 8.41. The number of nitrogens with zero attached hydrogens (tertiary/aromatic N) is 3. The van der Waals surface area contributed by atoms with Crippen LogP contribution in [0, 0.1) is 5.92 Å². The van der Waals surface area contributed by atoms with Gasteiger partial charge in [-0.05, 0) is 19.3 Å². The van der Waals surface area contributed by atoms with Gasteiger partial charge >= 0.3 is 0 Å². The third-order valence-electron chi connectivity index (χ3n) is 4.94. The standard InChI is InChI=1S/C18H36N4OS.HI/c1-5-16-14-22(9-12-24-16)18(19-6-2)20-13-17(15(3)4)21-7-10-23-11-8-21;/h15-17H,5-14H2,1-4H3,(H,19,20);1H. The number of rotatable bonds is 6. The van der Waals surface area contributed by atoms with Gasteiger partial charge in [-0.3, -0.25) is 9.89 Å². The molecule has 2 atom stereocenters. The maximum absolute atomic E-state index is 5.51. The van der Waals surface area contributed by atoms with Crippen molar-refractivity contribution in [3.8, 4) is 0 Å². The molecule has 0 bridgehead atoms. The summed E-state index contributed by atoms with van der Waals surface area (Å²) in [4.78, 5) is 10.1. The third kappa shape index (κ3) is 7.42. The van der Waals surface area contributed by atoms with Crippen LogP contribution >= 0.6 is 35.7 Å². The molecule has 0 amide bonds. The van der Waals surface area contributed by atoms with Gasteiger partial charge in [0.2, 0.25) is 0 Å². The lowest BCUT2D eigenvalue weighted by Gasteiger charge is -2.37. The first-order valence-electron chi connectivity index (χ1n) is 9.62. The zero-order valence-electron chi connectivity index (χ0n) is 16.4. The zero-order valence-corrected chi connectivity index (χ0v) is 19.5. The molecule has 2 aliphatic rings. The van der Waals surface area contributed by atoms with E-state index in [9.17, 15) is 0 Å². The van der Waals surface area contributed by atoms with Crippen molar-refractivity contribution in [3.05, 3.63) is 0 Å². The summed E-state index contributed by atoms with van der Waals surface area (Å²) in [6, 6.07) is 0.503. The Morgan fingerprint density at radius 2 is 1.96 bits per heavy atom. The third-order valence-corrected chi connectivity index (χ3v) is 6.31. The molecular weight excluding hydrogens is 447 g/mol. The second kappa shape index (κ2) is 12.6. The second-order valence-electron chi connectivity index (χ2n) is 7.00. The number of halogens is 1. The largest absolute Gasteiger partial charge is 0.379 e. The van der Waals surface area contributed by atoms with Crippen molar-refractivity contribution in [1.82, 2.24) is 15.1 Å². The number of nitrogens with one attached hydrogen (secondary N) is 1. The molecular formula is C18H37IN4OS. The summed E-state index contributed by atoms with van der Waals surface area (Å²) in [5, 5.41) is 4.26. The molecule has 148 valence electrons. The molecule has 0 aromatic rings. The summed E-state index contributed by atoms with van der Waals surface area (Å²) in [5.41, 5.74) is 0. The van der Waals surface area contributed by atoms with Gasteiger partial charge in [0, 0.05) is 49.8 Å². The molecule has 2 rings (SSSR count). The van der Waals surface area contributed by atoms with Gasteiger partial charge < -0.3 is 15.0 Å². The van der Waals surface area contributed by atoms with Gasteiger partial charge in [-0.25, -0.2) is 0 Å². The van der Waals surface area contributed by atoms with Crippen molar-refractivity contribution in [3.63, 3.8) is 0 Å². The van der Waals surface area contributed by atoms with Crippen molar-refractivity contribution in [2.75, 3.05) is 58.2 Å². The van der Waals surface area contributed by atoms with E-state index in [-0.39, 0.29) is 24.0 Å². The number of aliphatic imine (C=N–C) groups is 1. The first-order valence-corrected chi connectivity index (χ1v) is 10.7. The fraction of sp³-hybridized carbons (Fsp3) is 0.944. The summed E-state index contributed by atoms with van der Waals surface area (Å²) in [7, 11) is 0. The molecule has 0 saturated carbocycles. The van der Waals surface area contributed by atoms with Crippen LogP contribution < -0.4 is 5.32 Å². The Morgan fingerprint density at radius 3 is 2.56 bits per heavy atom. The molecule has 7 heteroatoms. The van der Waals surface area contributed by atoms with E-state index in [0.717, 1.165) is 63.7 Å². The smallest absolute Gasteiger partial charge is 0.194 e. The number of ether oxygens (including phenoxy) is 1. The monoisotopic (exact) mass is 484 g/mol. The van der Waals surface area contributed by atoms with Crippen LogP contribution in [0.25, 0.3) is 0 Å². The first kappa shape index (κ1) is 23.3. The van der Waals surface area contributed by atoms with Crippen LogP contribution in [0.2, 0.25) is 0 Å². The van der Waals surface area contributed by atoms with Crippen LogP contribution in [0.5, 0.6) is 0 Å². The maximum atomic E-state index is 5.51. The molecule has 0 aliphatic carbocycles. The van der Waals surface area contributed by atoms with Crippen LogP contribution in [-0.2, 0) is 4.74 Å². The van der Waals surface area contributed by atoms with Gasteiger partial charge in [-0.1, -0.05) is 20.8 Å². The number of morpholine rings is 1. The minimum Gasteiger partial charge on any atom is -0.379 e. The summed E-state index contributed by atoms with van der Waals surface area (Å²) in [6.45, 7) is 16.9. The van der Waals surface area contributed by atoms with E-state index in [0.29, 0.717) is 12.0 Å². The van der Waals surface area contributed by atoms with Crippen molar-refractivity contribution in [2.45, 2.75) is 45.4 Å². The predicted molar refractivity (Wildman–Crippen MR) is 121 cm³/mol. The first-order chi connectivity index (χ1) is 11.7. The van der Waals surface area contributed by atoms with E-state index < -0.39 is 0 Å². The number of guanidine groups is 1. The van der Waals surface area contributed by atoms with Crippen LogP contribution in [0.15, 0.2) is 4.99 Å². The summed E-state index contributed by atoms with van der Waals surface area (Å²) >= 11 is 2.11. The lowest BCUT2D eigenvalue weighted by molar-refractivity contribution is 0.00863. The Kier molecular flexibility index (Phi) is 11.8. The van der Waals surface area contributed by atoms with Gasteiger partial charge in [0.1, 0.15) is 0 Å². The normalized spacial score (nSPS) is 24.1. The van der Waals surface area contributed by atoms with Crippen molar-refractivity contribution >= 4 is 41.7 Å². The topological polar surface area (TPSA) is 40.1 Å². The Bertz CT molecular complexity index is 391. The molecule has 0 aromatic carbocycles. The van der Waals surface area contributed by atoms with Gasteiger partial charge in [0.15, 0.2) is 5.96 Å². The van der Waals surface area contributed by atoms with E-state index in [1.807, 2.05) is 0 Å². The van der Waals surface area contributed by atoms with Gasteiger partial charge in [-0.15, -0.1) is 24.0 Å². The number of hydrogen-bond donors (Lipinski definition) is 1. The molecule has 1 N–H and O–H groups in total. The molecule has 2 unspecified atom stereocenters. The fourth-order valence-corrected chi connectivity index (χ4v) is 4.60. The number of hydrogen-bond acceptors (Lipinski definition) is 4. The van der Waals surface area contributed by atoms with Crippen molar-refractivity contribution < 1.29 is 4.74 Å². The van der Waals surface area contributed by atoms with E-state index in [1.165, 1.54) is 12.2 Å². The zero-order chi connectivity index (χ0) is 17.4. The van der Waals surface area contributed by atoms with E-state index in [4.69, 9.17) is 9.73 Å². The Hall–Kier alpha value is 0.270. The molecule has 2 aliphatic heterocycles. The van der Waals surface area contributed by atoms with E-state index in [1.54, 1.807) is 0 Å². The van der Waals surface area contributed by atoms with Gasteiger partial charge in [0.05, 0.1) is 19.8 Å². The Morgan fingerprint density at radius 1 is 1.24 bits per heavy atom. The lowest BCUT2D eigenvalue weighted by atomic mass is 10.0. The highest BCUT2D eigenvalue weighted by molar-refractivity contribution is 14.0. The average molecular weight is 484 g/mol. The van der Waals surface area contributed by atoms with Gasteiger partial charge in [-0.2, -0.15) is 11.8 Å². The van der Waals surface area contributed by atoms with E-state index >= 15 is 0 Å². The lowest BCUT2D eigenvalue weighted by Crippen LogP contribution is -2.50. The molecule has 2 saturated heterocycles. The molecule has 0 aromatic heterocycles. The Balaban J connectivity index is 0.00000312. The molecule has 25 heavy (non-hydrogen) atoms. The quantitative estimate of drug-likeness (QED) is 0.357. The van der Waals surface area contributed by atoms with Gasteiger partial charge in [0.25, 0.3) is 0 Å². The Labute approximate surface area is 175 Å². The van der Waals surface area contributed by atoms with Crippen molar-refractivity contribution in [2.24, 2.45) is 10.9 Å². The average Bonchev–Trinajstić information content (AvgIpc) is 2.61. The van der Waals surface area contributed by atoms with Crippen LogP contribution in [0.3, 0.4) is 0 Å². The molecule has 0 radical (unpaired) electrons. The van der Waals surface area contributed by atoms with Crippen LogP contribution in [0.4, 0.5) is 0 Å².